The highest BCUT2D eigenvalue weighted by molar-refractivity contribution is 6.14. The quantitative estimate of drug-likeness (QED) is 0.157. The normalized spacial score (nSPS) is 20.3. The third-order valence-corrected chi connectivity index (χ3v) is 9.31. The topological polar surface area (TPSA) is 21.3 Å². The predicted octanol–water partition coefficient (Wildman–Crippen LogP) is 15.8. The highest BCUT2D eigenvalue weighted by atomic mass is 16.3. The number of fused-ring (bicyclic) bond motifs is 9. The van der Waals surface area contributed by atoms with Crippen molar-refractivity contribution in [3.8, 4) is 27.9 Å². The SMILES string of the molecule is [2H]c1c([2H])c([2H])c(N(c2c([2H])c([2H])c(-c3c([2H])c4c([2H])c([2H])c([2H])c([2H])c4c4c([2H])c([2H])c([2H])c([2H])c34)c([2H])c2[2H])c2c([2H])c(-c3c([2H])c([2H])c(-n4c5c([2H])c([2H])c([2H])c([2H])c5c5c([2H])c([2H])c([2H])c([2H])c54)c([2H])c3[2H])c3oc4c([2H])c([2H])c([2H])c([2H])c4c3c2[2H])c([2H])c1[2H]. The molecule has 0 saturated heterocycles. The van der Waals surface area contributed by atoms with Gasteiger partial charge in [0.05, 0.1) is 60.4 Å². The Labute approximate surface area is 391 Å². The molecule has 0 bridgehead atoms. The van der Waals surface area contributed by atoms with Crippen LogP contribution in [0.1, 0.15) is 49.3 Å². The largest absolute Gasteiger partial charge is 0.455 e. The van der Waals surface area contributed by atoms with Crippen molar-refractivity contribution in [1.82, 2.24) is 4.57 Å². The molecule has 0 fully saturated rings. The number of furan rings is 1. The Morgan fingerprint density at radius 3 is 1.64 bits per heavy atom. The van der Waals surface area contributed by atoms with Crippen LogP contribution < -0.4 is 4.90 Å². The van der Waals surface area contributed by atoms with Crippen LogP contribution in [0, 0.1) is 0 Å². The van der Waals surface area contributed by atoms with E-state index in [0.29, 0.717) is 4.57 Å². The van der Waals surface area contributed by atoms with Gasteiger partial charge in [-0.25, -0.2) is 0 Å². The fraction of sp³-hybridized carbons (Fsp3) is 0. The summed E-state index contributed by atoms with van der Waals surface area (Å²) in [4.78, 5) is 0.287. The average molecular weight is 789 g/mol. The minimum Gasteiger partial charge on any atom is -0.455 e. The van der Waals surface area contributed by atoms with Gasteiger partial charge in [0.15, 0.2) is 0 Å². The van der Waals surface area contributed by atoms with Gasteiger partial charge >= 0.3 is 0 Å². The van der Waals surface area contributed by atoms with Crippen LogP contribution in [-0.4, -0.2) is 4.57 Å². The van der Waals surface area contributed by atoms with Crippen molar-refractivity contribution in [2.45, 2.75) is 0 Å². The van der Waals surface area contributed by atoms with Crippen LogP contribution in [0.3, 0.4) is 0 Å². The lowest BCUT2D eigenvalue weighted by Crippen LogP contribution is -2.10. The van der Waals surface area contributed by atoms with E-state index in [9.17, 15) is 19.2 Å². The van der Waals surface area contributed by atoms with Gasteiger partial charge < -0.3 is 13.9 Å². The molecule has 2 aromatic heterocycles. The van der Waals surface area contributed by atoms with Crippen LogP contribution in [0.5, 0.6) is 0 Å². The zero-order valence-corrected chi connectivity index (χ0v) is 29.3. The zero-order valence-electron chi connectivity index (χ0n) is 65.3. The van der Waals surface area contributed by atoms with Crippen LogP contribution >= 0.6 is 0 Å². The molecule has 0 unspecified atom stereocenters. The first-order valence-corrected chi connectivity index (χ1v) is 17.2. The molecular weight excluding hydrogens is 717 g/mol. The first-order valence-electron chi connectivity index (χ1n) is 35.2. The molecule has 0 saturated carbocycles. The van der Waals surface area contributed by atoms with Crippen molar-refractivity contribution in [3.05, 3.63) is 218 Å². The van der Waals surface area contributed by atoms with Crippen LogP contribution in [0.25, 0.3) is 93.2 Å². The Balaban J connectivity index is 1.29. The summed E-state index contributed by atoms with van der Waals surface area (Å²) in [5, 5.41) is -5.39. The lowest BCUT2D eigenvalue weighted by Gasteiger charge is -2.26. The van der Waals surface area contributed by atoms with Crippen molar-refractivity contribution in [2.24, 2.45) is 0 Å². The molecule has 0 radical (unpaired) electrons. The number of hydrogen-bond acceptors (Lipinski definition) is 2. The molecule has 0 aliphatic rings. The van der Waals surface area contributed by atoms with Crippen LogP contribution in [0.15, 0.2) is 222 Å². The number of nitrogens with zero attached hydrogens (tertiary/aromatic N) is 2. The summed E-state index contributed by atoms with van der Waals surface area (Å²) < 4.78 is 336. The standard InChI is InChI=1S/C56H36N2O/c1-2-15-40(16-3-1)57(41-30-26-37(27-31-41)50-34-39-14-4-5-17-44(39)45-18-6-7-19-46(45)50)43-35-51(56-52(36-43)49-22-10-13-25-55(49)59-56)38-28-32-42(33-29-38)58-53-23-11-8-20-47(53)48-21-9-12-24-54(48)58/h1-36H/i1D,2D,3D,4D,5D,6D,7D,8D,9D,10D,11D,12D,13D,14D,15D,16D,17D,18D,19D,20D,21D,22D,23D,24D,25D,26D,27D,28D,29D,30D,31D,32D,33D,34D,35D,36D. The molecule has 276 valence electrons. The summed E-state index contributed by atoms with van der Waals surface area (Å²) >= 11 is 0. The number of rotatable bonds is 6. The molecule has 12 rings (SSSR count). The molecule has 0 aliphatic heterocycles. The Morgan fingerprint density at radius 1 is 0.373 bits per heavy atom. The second-order valence-corrected chi connectivity index (χ2v) is 12.5. The molecule has 0 N–H and O–H groups in total. The van der Waals surface area contributed by atoms with Gasteiger partial charge in [-0.2, -0.15) is 0 Å². The molecule has 0 spiro atoms. The second kappa shape index (κ2) is 13.4. The molecule has 3 heteroatoms. The van der Waals surface area contributed by atoms with E-state index < -0.39 is 328 Å². The van der Waals surface area contributed by atoms with Gasteiger partial charge in [0, 0.05) is 49.9 Å². The lowest BCUT2D eigenvalue weighted by molar-refractivity contribution is 0.670. The van der Waals surface area contributed by atoms with E-state index in [4.69, 9.17) is 34.6 Å². The Hall–Kier alpha value is -7.88. The molecule has 0 aliphatic carbocycles. The fourth-order valence-corrected chi connectivity index (χ4v) is 6.80. The van der Waals surface area contributed by atoms with E-state index in [2.05, 4.69) is 0 Å². The van der Waals surface area contributed by atoms with E-state index in [1.54, 1.807) is 0 Å². The zero-order chi connectivity index (χ0) is 70.2. The third kappa shape index (κ3) is 5.36. The minimum atomic E-state index is -1.38. The summed E-state index contributed by atoms with van der Waals surface area (Å²) in [6.45, 7) is 0. The Morgan fingerprint density at radius 2 is 0.915 bits per heavy atom. The van der Waals surface area contributed by atoms with Crippen LogP contribution in [-0.2, 0) is 0 Å². The minimum absolute atomic E-state index is 0.287. The van der Waals surface area contributed by atoms with Crippen molar-refractivity contribution in [3.63, 3.8) is 0 Å². The number of aromatic nitrogens is 1. The average Bonchev–Trinajstić information content (AvgIpc) is 1.70. The fourth-order valence-electron chi connectivity index (χ4n) is 6.80. The van der Waals surface area contributed by atoms with Gasteiger partial charge in [-0.05, 0) is 111 Å². The van der Waals surface area contributed by atoms with Crippen molar-refractivity contribution < 1.29 is 53.8 Å². The van der Waals surface area contributed by atoms with E-state index >= 15 is 0 Å². The smallest absolute Gasteiger partial charge is 0.143 e. The van der Waals surface area contributed by atoms with Gasteiger partial charge in [-0.3, -0.25) is 0 Å². The van der Waals surface area contributed by atoms with Gasteiger partial charge in [-0.1, -0.05) is 145 Å². The number of benzene rings is 10. The lowest BCUT2D eigenvalue weighted by atomic mass is 9.93. The van der Waals surface area contributed by atoms with Gasteiger partial charge in [0.1, 0.15) is 11.2 Å². The first-order chi connectivity index (χ1) is 44.3. The summed E-state index contributed by atoms with van der Waals surface area (Å²) in [7, 11) is 0. The van der Waals surface area contributed by atoms with Crippen LogP contribution in [0.2, 0.25) is 0 Å². The Kier molecular flexibility index (Phi) is 3.02. The number of anilines is 3. The van der Waals surface area contributed by atoms with Gasteiger partial charge in [0.2, 0.25) is 0 Å². The molecule has 12 aromatic rings. The summed E-state index contributed by atoms with van der Waals surface area (Å²) in [6, 6.07) is -38.5. The van der Waals surface area contributed by atoms with Gasteiger partial charge in [0.25, 0.3) is 0 Å². The highest BCUT2D eigenvalue weighted by Gasteiger charge is 2.21. The van der Waals surface area contributed by atoms with E-state index in [-0.39, 0.29) is 4.90 Å². The maximum atomic E-state index is 10.3. The van der Waals surface area contributed by atoms with E-state index in [1.165, 1.54) is 0 Å². The maximum absolute atomic E-state index is 10.3. The van der Waals surface area contributed by atoms with Crippen molar-refractivity contribution in [1.29, 1.82) is 0 Å². The second-order valence-electron chi connectivity index (χ2n) is 12.5. The highest BCUT2D eigenvalue weighted by Crippen LogP contribution is 2.44. The molecular formula is C56H36N2O. The molecule has 0 amide bonds. The molecule has 3 nitrogen and oxygen atoms in total. The summed E-state index contributed by atoms with van der Waals surface area (Å²) in [5.74, 6) is 0. The van der Waals surface area contributed by atoms with E-state index in [0.717, 1.165) is 0 Å². The monoisotopic (exact) mass is 789 g/mol. The Bertz CT molecular complexity index is 5530. The first kappa shape index (κ1) is 13.3. The third-order valence-electron chi connectivity index (χ3n) is 9.31. The molecule has 10 aromatic carbocycles. The predicted molar refractivity (Wildman–Crippen MR) is 249 cm³/mol. The van der Waals surface area contributed by atoms with Crippen LogP contribution in [0.4, 0.5) is 17.1 Å². The van der Waals surface area contributed by atoms with Gasteiger partial charge in [-0.15, -0.1) is 0 Å². The van der Waals surface area contributed by atoms with Crippen molar-refractivity contribution >= 4 is 82.4 Å². The summed E-state index contributed by atoms with van der Waals surface area (Å²) in [6.07, 6.45) is 0. The number of para-hydroxylation sites is 4. The van der Waals surface area contributed by atoms with E-state index in [1.807, 2.05) is 0 Å². The molecule has 0 atom stereocenters. The summed E-state index contributed by atoms with van der Waals surface area (Å²) in [5.41, 5.74) is -11.7. The molecule has 59 heavy (non-hydrogen) atoms. The molecule has 2 heterocycles. The number of hydrogen-bond donors (Lipinski definition) is 0. The maximum Gasteiger partial charge on any atom is 0.143 e. The van der Waals surface area contributed by atoms with Crippen molar-refractivity contribution in [2.75, 3.05) is 4.90 Å².